The summed E-state index contributed by atoms with van der Waals surface area (Å²) in [6.07, 6.45) is -4.60. The van der Waals surface area contributed by atoms with Crippen LogP contribution in [0.3, 0.4) is 0 Å². The maximum absolute atomic E-state index is 15.3. The van der Waals surface area contributed by atoms with Crippen LogP contribution in [0.5, 0.6) is 0 Å². The number of aromatic nitrogens is 2. The molecule has 1 aromatic heterocycles. The number of nitrogens with zero attached hydrogens (tertiary/aromatic N) is 1. The highest BCUT2D eigenvalue weighted by atomic mass is 19.4. The van der Waals surface area contributed by atoms with Crippen molar-refractivity contribution in [3.63, 3.8) is 0 Å². The number of nitrogens with one attached hydrogen (secondary N) is 2. The second-order valence-corrected chi connectivity index (χ2v) is 8.79. The van der Waals surface area contributed by atoms with Crippen molar-refractivity contribution >= 4 is 5.91 Å². The Kier molecular flexibility index (Phi) is 7.39. The van der Waals surface area contributed by atoms with E-state index in [0.717, 1.165) is 30.3 Å². The summed E-state index contributed by atoms with van der Waals surface area (Å²) in [4.78, 5) is 30.2. The third kappa shape index (κ3) is 6.19. The molecule has 1 fully saturated rings. The summed E-state index contributed by atoms with van der Waals surface area (Å²) in [7, 11) is 0. The van der Waals surface area contributed by atoms with E-state index in [-0.39, 0.29) is 24.0 Å². The van der Waals surface area contributed by atoms with E-state index in [2.05, 4.69) is 15.3 Å². The van der Waals surface area contributed by atoms with E-state index in [1.54, 1.807) is 0 Å². The number of hydrogen-bond acceptors (Lipinski definition) is 4. The van der Waals surface area contributed by atoms with Crippen molar-refractivity contribution in [2.45, 2.75) is 45.2 Å². The molecule has 4 rings (SSSR count). The van der Waals surface area contributed by atoms with Crippen molar-refractivity contribution in [1.29, 1.82) is 0 Å². The smallest absolute Gasteiger partial charge is 0.373 e. The molecule has 0 saturated heterocycles. The maximum Gasteiger partial charge on any atom is 0.417 e. The quantitative estimate of drug-likeness (QED) is 0.435. The van der Waals surface area contributed by atoms with Crippen molar-refractivity contribution in [3.8, 4) is 11.4 Å². The third-order valence-corrected chi connectivity index (χ3v) is 5.96. The van der Waals surface area contributed by atoms with Crippen LogP contribution < -0.4 is 10.9 Å². The first kappa shape index (κ1) is 26.4. The topological polar surface area (TPSA) is 84.1 Å². The van der Waals surface area contributed by atoms with Crippen LogP contribution in [0.2, 0.25) is 0 Å². The Morgan fingerprint density at radius 3 is 2.41 bits per heavy atom. The lowest BCUT2D eigenvalue weighted by molar-refractivity contribution is -0.137. The molecule has 2 N–H and O–H groups in total. The Morgan fingerprint density at radius 2 is 1.78 bits per heavy atom. The number of amides is 1. The van der Waals surface area contributed by atoms with Crippen LogP contribution in [0, 0.1) is 30.3 Å². The fraction of sp³-hybridized carbons (Fsp3) is 0.320. The predicted molar refractivity (Wildman–Crippen MR) is 119 cm³/mol. The van der Waals surface area contributed by atoms with E-state index in [1.165, 1.54) is 6.92 Å². The third-order valence-electron chi connectivity index (χ3n) is 5.96. The largest absolute Gasteiger partial charge is 0.417 e. The standard InChI is InChI=1S/C25H21F6N3O3/c1-12-4-20(35)34-23(33-12)21-19(25(29,30)31)3-2-14(22(21)28)10-32-24(36)15-7-18(8-15)37-11-13-5-16(26)9-17(27)6-13/h2-6,9,15,18H,7-8,10-11H2,1H3,(H,32,36)(H,33,34,35). The fourth-order valence-corrected chi connectivity index (χ4v) is 4.07. The molecule has 3 aromatic rings. The Hall–Kier alpha value is -3.67. The van der Waals surface area contributed by atoms with E-state index >= 15 is 4.39 Å². The molecule has 37 heavy (non-hydrogen) atoms. The van der Waals surface area contributed by atoms with E-state index in [4.69, 9.17) is 4.74 Å². The lowest BCUT2D eigenvalue weighted by Gasteiger charge is -2.34. The summed E-state index contributed by atoms with van der Waals surface area (Å²) in [5, 5.41) is 2.50. The van der Waals surface area contributed by atoms with Crippen LogP contribution in [-0.2, 0) is 28.9 Å². The first-order chi connectivity index (χ1) is 17.4. The second kappa shape index (κ2) is 10.4. The summed E-state index contributed by atoms with van der Waals surface area (Å²) in [6.45, 7) is 0.957. The van der Waals surface area contributed by atoms with Crippen molar-refractivity contribution in [2.75, 3.05) is 0 Å². The zero-order chi connectivity index (χ0) is 26.9. The van der Waals surface area contributed by atoms with E-state index in [9.17, 15) is 31.5 Å². The van der Waals surface area contributed by atoms with E-state index in [0.29, 0.717) is 24.5 Å². The van der Waals surface area contributed by atoms with Gasteiger partial charge >= 0.3 is 6.18 Å². The number of H-pyrrole nitrogens is 1. The predicted octanol–water partition coefficient (Wildman–Crippen LogP) is 4.79. The lowest BCUT2D eigenvalue weighted by Crippen LogP contribution is -2.42. The van der Waals surface area contributed by atoms with Gasteiger partial charge in [-0.1, -0.05) is 6.07 Å². The molecule has 1 heterocycles. The highest BCUT2D eigenvalue weighted by Gasteiger charge is 2.38. The minimum absolute atomic E-state index is 0.0394. The van der Waals surface area contributed by atoms with Gasteiger partial charge in [-0.05, 0) is 43.5 Å². The molecule has 6 nitrogen and oxygen atoms in total. The summed E-state index contributed by atoms with van der Waals surface area (Å²) < 4.78 is 88.0. The van der Waals surface area contributed by atoms with Gasteiger partial charge in [0.05, 0.1) is 23.8 Å². The molecule has 12 heteroatoms. The molecule has 0 atom stereocenters. The minimum atomic E-state index is -4.92. The molecule has 1 aliphatic rings. The van der Waals surface area contributed by atoms with Gasteiger partial charge in [-0.25, -0.2) is 18.2 Å². The fourth-order valence-electron chi connectivity index (χ4n) is 4.07. The van der Waals surface area contributed by atoms with Gasteiger partial charge in [-0.2, -0.15) is 13.2 Å². The Bertz CT molecular complexity index is 1360. The first-order valence-corrected chi connectivity index (χ1v) is 11.2. The van der Waals surface area contributed by atoms with E-state index in [1.807, 2.05) is 0 Å². The van der Waals surface area contributed by atoms with Crippen LogP contribution in [-0.4, -0.2) is 22.0 Å². The van der Waals surface area contributed by atoms with Gasteiger partial charge in [0.15, 0.2) is 0 Å². The molecule has 2 aromatic carbocycles. The van der Waals surface area contributed by atoms with Crippen LogP contribution >= 0.6 is 0 Å². The van der Waals surface area contributed by atoms with Gasteiger partial charge in [-0.3, -0.25) is 9.59 Å². The number of benzene rings is 2. The summed E-state index contributed by atoms with van der Waals surface area (Å²) in [5.74, 6) is -4.21. The van der Waals surface area contributed by atoms with Crippen LogP contribution in [0.4, 0.5) is 26.3 Å². The molecule has 1 amide bonds. The first-order valence-electron chi connectivity index (χ1n) is 11.2. The molecule has 0 unspecified atom stereocenters. The Balaban J connectivity index is 1.40. The van der Waals surface area contributed by atoms with Gasteiger partial charge in [0, 0.05) is 35.9 Å². The second-order valence-electron chi connectivity index (χ2n) is 8.79. The molecule has 1 saturated carbocycles. The number of hydrogen-bond donors (Lipinski definition) is 2. The lowest BCUT2D eigenvalue weighted by atomic mass is 9.81. The molecule has 0 aliphatic heterocycles. The number of alkyl halides is 3. The number of carbonyl (C=O) groups is 1. The molecule has 196 valence electrons. The average Bonchev–Trinajstić information content (AvgIpc) is 2.75. The number of aromatic amines is 1. The number of aryl methyl sites for hydroxylation is 1. The zero-order valence-electron chi connectivity index (χ0n) is 19.4. The van der Waals surface area contributed by atoms with E-state index < -0.39 is 64.5 Å². The van der Waals surface area contributed by atoms with Crippen molar-refractivity contribution < 1.29 is 35.9 Å². The Morgan fingerprint density at radius 1 is 1.11 bits per heavy atom. The summed E-state index contributed by atoms with van der Waals surface area (Å²) >= 11 is 0. The molecular formula is C25H21F6N3O3. The van der Waals surface area contributed by atoms with Crippen LogP contribution in [0.25, 0.3) is 11.4 Å². The molecule has 0 radical (unpaired) electrons. The number of rotatable bonds is 7. The SMILES string of the molecule is Cc1cc(=O)[nH]c(-c2c(C(F)(F)F)ccc(CNC(=O)C3CC(OCc4cc(F)cc(F)c4)C3)c2F)n1. The average molecular weight is 525 g/mol. The number of carbonyl (C=O) groups excluding carboxylic acids is 1. The van der Waals surface area contributed by atoms with Gasteiger partial charge < -0.3 is 15.0 Å². The van der Waals surface area contributed by atoms with Crippen molar-refractivity contribution in [1.82, 2.24) is 15.3 Å². The number of ether oxygens (including phenoxy) is 1. The molecular weight excluding hydrogens is 504 g/mol. The highest BCUT2D eigenvalue weighted by Crippen LogP contribution is 2.38. The normalized spacial score (nSPS) is 17.4. The zero-order valence-corrected chi connectivity index (χ0v) is 19.4. The summed E-state index contributed by atoms with van der Waals surface area (Å²) in [6, 6.07) is 5.67. The molecule has 0 spiro atoms. The minimum Gasteiger partial charge on any atom is -0.373 e. The monoisotopic (exact) mass is 525 g/mol. The van der Waals surface area contributed by atoms with Crippen LogP contribution in [0.15, 0.2) is 41.2 Å². The molecule has 0 bridgehead atoms. The van der Waals surface area contributed by atoms with Gasteiger partial charge in [0.2, 0.25) is 5.91 Å². The summed E-state index contributed by atoms with van der Waals surface area (Å²) in [5.41, 5.74) is -2.77. The van der Waals surface area contributed by atoms with Crippen LogP contribution in [0.1, 0.15) is 35.2 Å². The number of halogens is 6. The highest BCUT2D eigenvalue weighted by molar-refractivity contribution is 5.79. The van der Waals surface area contributed by atoms with Gasteiger partial charge in [0.1, 0.15) is 23.3 Å². The Labute approximate surface area is 206 Å². The van der Waals surface area contributed by atoms with Gasteiger partial charge in [-0.15, -0.1) is 0 Å². The van der Waals surface area contributed by atoms with Crippen molar-refractivity contribution in [2.24, 2.45) is 5.92 Å². The molecule has 1 aliphatic carbocycles. The maximum atomic E-state index is 15.3. The van der Waals surface area contributed by atoms with Crippen molar-refractivity contribution in [3.05, 3.63) is 86.6 Å². The van der Waals surface area contributed by atoms with Gasteiger partial charge in [0.25, 0.3) is 5.56 Å².